The molecule has 0 fully saturated rings. The summed E-state index contributed by atoms with van der Waals surface area (Å²) in [5.74, 6) is -0.613. The number of hydrogen-bond acceptors (Lipinski definition) is 3. The van der Waals surface area contributed by atoms with E-state index in [1.165, 1.54) is 18.2 Å². The lowest BCUT2D eigenvalue weighted by Crippen LogP contribution is -2.28. The lowest BCUT2D eigenvalue weighted by Gasteiger charge is -2.18. The molecular weight excluding hydrogens is 254 g/mol. The van der Waals surface area contributed by atoms with Crippen LogP contribution < -0.4 is 5.32 Å². The van der Waals surface area contributed by atoms with E-state index in [1.807, 2.05) is 37.3 Å². The van der Waals surface area contributed by atoms with Crippen molar-refractivity contribution >= 4 is 5.91 Å². The van der Waals surface area contributed by atoms with Crippen molar-refractivity contribution in [3.63, 3.8) is 0 Å². The van der Waals surface area contributed by atoms with E-state index < -0.39 is 5.91 Å². The van der Waals surface area contributed by atoms with Crippen LogP contribution in [0.5, 0.6) is 11.5 Å². The van der Waals surface area contributed by atoms with Gasteiger partial charge < -0.3 is 15.5 Å². The highest BCUT2D eigenvalue weighted by atomic mass is 16.3. The summed E-state index contributed by atoms with van der Waals surface area (Å²) in [5.41, 5.74) is 1.07. The van der Waals surface area contributed by atoms with Crippen LogP contribution in [0.3, 0.4) is 0 Å². The summed E-state index contributed by atoms with van der Waals surface area (Å²) in [4.78, 5) is 12.2. The highest BCUT2D eigenvalue weighted by molar-refractivity contribution is 5.97. The Morgan fingerprint density at radius 2 is 1.85 bits per heavy atom. The molecule has 0 spiro atoms. The summed E-state index contributed by atoms with van der Waals surface area (Å²) in [6.45, 7) is 1.97. The molecule has 0 aliphatic rings. The van der Waals surface area contributed by atoms with Crippen molar-refractivity contribution in [1.82, 2.24) is 5.32 Å². The average molecular weight is 271 g/mol. The van der Waals surface area contributed by atoms with Gasteiger partial charge in [0, 0.05) is 0 Å². The molecule has 104 valence electrons. The molecule has 20 heavy (non-hydrogen) atoms. The number of nitrogens with one attached hydrogen (secondary N) is 1. The van der Waals surface area contributed by atoms with Gasteiger partial charge in [-0.3, -0.25) is 4.79 Å². The fourth-order valence-electron chi connectivity index (χ4n) is 2.05. The molecule has 0 aromatic heterocycles. The number of amides is 1. The molecule has 0 heterocycles. The lowest BCUT2D eigenvalue weighted by atomic mass is 10.0. The standard InChI is InChI=1S/C16H17NO3/c1-2-14(11-6-4-3-5-7-11)17-16(20)13-10-12(18)8-9-15(13)19/h3-10,14,18-19H,2H2,1H3,(H,17,20). The zero-order valence-corrected chi connectivity index (χ0v) is 11.2. The van der Waals surface area contributed by atoms with Gasteiger partial charge in [0.1, 0.15) is 11.5 Å². The van der Waals surface area contributed by atoms with Crippen LogP contribution in [0.1, 0.15) is 35.3 Å². The summed E-state index contributed by atoms with van der Waals surface area (Å²) in [6, 6.07) is 13.4. The van der Waals surface area contributed by atoms with E-state index in [2.05, 4.69) is 5.32 Å². The first-order chi connectivity index (χ1) is 9.61. The number of phenolic OH excluding ortho intramolecular Hbond substituents is 2. The van der Waals surface area contributed by atoms with Gasteiger partial charge in [-0.1, -0.05) is 37.3 Å². The third-order valence-electron chi connectivity index (χ3n) is 3.14. The molecule has 4 nitrogen and oxygen atoms in total. The molecule has 2 aromatic carbocycles. The molecule has 3 N–H and O–H groups in total. The van der Waals surface area contributed by atoms with Gasteiger partial charge in [-0.25, -0.2) is 0 Å². The number of phenols is 2. The second kappa shape index (κ2) is 6.10. The Labute approximate surface area is 117 Å². The average Bonchev–Trinajstić information content (AvgIpc) is 2.48. The minimum atomic E-state index is -0.408. The van der Waals surface area contributed by atoms with E-state index in [-0.39, 0.29) is 23.1 Å². The number of carbonyl (C=O) groups is 1. The van der Waals surface area contributed by atoms with Gasteiger partial charge in [-0.2, -0.15) is 0 Å². The van der Waals surface area contributed by atoms with Gasteiger partial charge in [-0.05, 0) is 30.2 Å². The molecule has 0 bridgehead atoms. The molecule has 2 aromatic rings. The second-order valence-electron chi connectivity index (χ2n) is 4.55. The fourth-order valence-corrected chi connectivity index (χ4v) is 2.05. The zero-order chi connectivity index (χ0) is 14.5. The maximum atomic E-state index is 12.2. The Morgan fingerprint density at radius 3 is 2.50 bits per heavy atom. The normalized spacial score (nSPS) is 11.8. The molecule has 2 rings (SSSR count). The van der Waals surface area contributed by atoms with Crippen LogP contribution in [-0.2, 0) is 0 Å². The van der Waals surface area contributed by atoms with Crippen molar-refractivity contribution in [3.05, 3.63) is 59.7 Å². The number of benzene rings is 2. The Morgan fingerprint density at radius 1 is 1.15 bits per heavy atom. The SMILES string of the molecule is CCC(NC(=O)c1cc(O)ccc1O)c1ccccc1. The van der Waals surface area contributed by atoms with E-state index in [1.54, 1.807) is 0 Å². The third-order valence-corrected chi connectivity index (χ3v) is 3.14. The van der Waals surface area contributed by atoms with E-state index >= 15 is 0 Å². The predicted octanol–water partition coefficient (Wildman–Crippen LogP) is 2.98. The van der Waals surface area contributed by atoms with E-state index in [0.29, 0.717) is 0 Å². The zero-order valence-electron chi connectivity index (χ0n) is 11.2. The lowest BCUT2D eigenvalue weighted by molar-refractivity contribution is 0.0932. The quantitative estimate of drug-likeness (QED) is 0.749. The number of rotatable bonds is 4. The summed E-state index contributed by atoms with van der Waals surface area (Å²) in [5, 5.41) is 22.0. The molecule has 0 saturated carbocycles. The molecular formula is C16H17NO3. The molecule has 0 aliphatic carbocycles. The molecule has 1 unspecified atom stereocenters. The molecule has 0 saturated heterocycles. The first-order valence-electron chi connectivity index (χ1n) is 6.49. The van der Waals surface area contributed by atoms with Crippen molar-refractivity contribution in [2.45, 2.75) is 19.4 Å². The highest BCUT2D eigenvalue weighted by Crippen LogP contribution is 2.23. The van der Waals surface area contributed by atoms with Crippen LogP contribution in [0.4, 0.5) is 0 Å². The van der Waals surface area contributed by atoms with Gasteiger partial charge in [0.05, 0.1) is 11.6 Å². The van der Waals surface area contributed by atoms with E-state index in [9.17, 15) is 15.0 Å². The van der Waals surface area contributed by atoms with Crippen molar-refractivity contribution in [3.8, 4) is 11.5 Å². The summed E-state index contributed by atoms with van der Waals surface area (Å²) >= 11 is 0. The van der Waals surface area contributed by atoms with E-state index in [0.717, 1.165) is 12.0 Å². The Bertz CT molecular complexity index is 596. The fraction of sp³-hybridized carbons (Fsp3) is 0.188. The van der Waals surface area contributed by atoms with Gasteiger partial charge in [0.2, 0.25) is 0 Å². The smallest absolute Gasteiger partial charge is 0.255 e. The van der Waals surface area contributed by atoms with Crippen molar-refractivity contribution in [2.75, 3.05) is 0 Å². The minimum Gasteiger partial charge on any atom is -0.508 e. The van der Waals surface area contributed by atoms with Gasteiger partial charge in [0.15, 0.2) is 0 Å². The molecule has 1 amide bonds. The van der Waals surface area contributed by atoms with Crippen LogP contribution in [0.15, 0.2) is 48.5 Å². The van der Waals surface area contributed by atoms with Crippen LogP contribution in [-0.4, -0.2) is 16.1 Å². The summed E-state index contributed by atoms with van der Waals surface area (Å²) in [6.07, 6.45) is 0.731. The largest absolute Gasteiger partial charge is 0.508 e. The Hall–Kier alpha value is -2.49. The van der Waals surface area contributed by atoms with Crippen molar-refractivity contribution < 1.29 is 15.0 Å². The molecule has 0 radical (unpaired) electrons. The van der Waals surface area contributed by atoms with Gasteiger partial charge >= 0.3 is 0 Å². The van der Waals surface area contributed by atoms with Crippen LogP contribution in [0.25, 0.3) is 0 Å². The first-order valence-corrected chi connectivity index (χ1v) is 6.49. The van der Waals surface area contributed by atoms with Crippen LogP contribution >= 0.6 is 0 Å². The molecule has 0 aliphatic heterocycles. The molecule has 4 heteroatoms. The maximum Gasteiger partial charge on any atom is 0.255 e. The van der Waals surface area contributed by atoms with Gasteiger partial charge in [-0.15, -0.1) is 0 Å². The minimum absolute atomic E-state index is 0.0549. The Kier molecular flexibility index (Phi) is 4.25. The third kappa shape index (κ3) is 3.09. The highest BCUT2D eigenvalue weighted by Gasteiger charge is 2.17. The van der Waals surface area contributed by atoms with Crippen LogP contribution in [0.2, 0.25) is 0 Å². The number of aromatic hydroxyl groups is 2. The topological polar surface area (TPSA) is 69.6 Å². The van der Waals surface area contributed by atoms with Crippen molar-refractivity contribution in [1.29, 1.82) is 0 Å². The number of carbonyl (C=O) groups excluding carboxylic acids is 1. The summed E-state index contributed by atoms with van der Waals surface area (Å²) < 4.78 is 0. The second-order valence-corrected chi connectivity index (χ2v) is 4.55. The first kappa shape index (κ1) is 13.9. The Balaban J connectivity index is 2.20. The maximum absolute atomic E-state index is 12.2. The summed E-state index contributed by atoms with van der Waals surface area (Å²) in [7, 11) is 0. The van der Waals surface area contributed by atoms with Crippen molar-refractivity contribution in [2.24, 2.45) is 0 Å². The molecule has 1 atom stereocenters. The van der Waals surface area contributed by atoms with Crippen LogP contribution in [0, 0.1) is 0 Å². The predicted molar refractivity (Wildman–Crippen MR) is 76.7 cm³/mol. The van der Waals surface area contributed by atoms with E-state index in [4.69, 9.17) is 0 Å². The monoisotopic (exact) mass is 271 g/mol. The van der Waals surface area contributed by atoms with Gasteiger partial charge in [0.25, 0.3) is 5.91 Å². The number of hydrogen-bond donors (Lipinski definition) is 3.